The lowest BCUT2D eigenvalue weighted by Gasteiger charge is -2.33. The summed E-state index contributed by atoms with van der Waals surface area (Å²) in [7, 11) is 1.46. The molecule has 0 saturated heterocycles. The average molecular weight is 972 g/mol. The van der Waals surface area contributed by atoms with Crippen LogP contribution in [0.25, 0.3) is 16.6 Å². The Morgan fingerprint density at radius 2 is 1.57 bits per heavy atom. The highest BCUT2D eigenvalue weighted by atomic mass is 32.2. The summed E-state index contributed by atoms with van der Waals surface area (Å²) in [5.74, 6) is 1.55. The molecule has 1 amide bonds. The Morgan fingerprint density at radius 3 is 2.23 bits per heavy atom. The first-order valence-electron chi connectivity index (χ1n) is 22.4. The summed E-state index contributed by atoms with van der Waals surface area (Å²) in [5.41, 5.74) is 7.01. The quantitative estimate of drug-likeness (QED) is 0.0638. The second kappa shape index (κ2) is 21.7. The first kappa shape index (κ1) is 51.7. The molecule has 15 nitrogen and oxygen atoms in total. The minimum Gasteiger partial charge on any atom is -0.493 e. The Hall–Kier alpha value is -6.73. The molecule has 0 saturated carbocycles. The molecule has 0 aliphatic rings. The number of methoxy groups -OCH3 is 1. The number of nitrogens with zero attached hydrogens (tertiary/aromatic N) is 5. The van der Waals surface area contributed by atoms with Gasteiger partial charge in [-0.2, -0.15) is 17.4 Å². The summed E-state index contributed by atoms with van der Waals surface area (Å²) >= 11 is -2.19. The van der Waals surface area contributed by atoms with Crippen LogP contribution in [0, 0.1) is 26.2 Å². The first-order valence-corrected chi connectivity index (χ1v) is 23.5. The third-order valence-corrected chi connectivity index (χ3v) is 11.5. The molecule has 3 unspecified atom stereocenters. The Bertz CT molecular complexity index is 2900. The number of aromatic amines is 1. The Morgan fingerprint density at radius 1 is 0.870 bits per heavy atom. The monoisotopic (exact) mass is 971 g/mol. The van der Waals surface area contributed by atoms with E-state index in [4.69, 9.17) is 18.4 Å². The molecule has 3 atom stereocenters. The molecule has 0 aliphatic heterocycles. The van der Waals surface area contributed by atoms with Crippen LogP contribution in [0.3, 0.4) is 0 Å². The third-order valence-electron chi connectivity index (χ3n) is 10.9. The summed E-state index contributed by atoms with van der Waals surface area (Å²) in [4.78, 5) is 26.9. The van der Waals surface area contributed by atoms with E-state index in [1.54, 1.807) is 35.0 Å². The molecule has 19 heteroatoms. The topological polar surface area (TPSA) is 179 Å². The van der Waals surface area contributed by atoms with Crippen molar-refractivity contribution in [2.45, 2.75) is 106 Å². The van der Waals surface area contributed by atoms with Crippen molar-refractivity contribution in [2.75, 3.05) is 19.1 Å². The standard InChI is InChI=1S/C26H31N5O3.C24H29F3N4O3S/c1-6-21(34-22-13-12-16(2)14-17(22)3)26(32)27-15-18(4)24-28-25-23(19(5)29-31(25)30-24)33-20-10-8-7-9-11-20;1-22(2,3)14-23(4,5)15-11-12-18(33-6)19(13-15)34-35(32)31-30-20-16-9-7-8-10-17(16)28-21(29-20)24(25,26)27/h7-14,18,21,29H,6,15H2,1-5H3,(H,27,32);7-13,31H,14H2,1-6H3,(H,28,29,30). The van der Waals surface area contributed by atoms with Gasteiger partial charge in [-0.3, -0.25) is 15.3 Å². The van der Waals surface area contributed by atoms with Gasteiger partial charge in [0, 0.05) is 17.8 Å². The zero-order valence-electron chi connectivity index (χ0n) is 40.7. The average Bonchev–Trinajstić information content (AvgIpc) is 3.83. The highest BCUT2D eigenvalue weighted by Crippen LogP contribution is 2.40. The number of amides is 1. The number of carbonyl (C=O) groups excluding carboxylic acids is 1. The lowest BCUT2D eigenvalue weighted by Crippen LogP contribution is -2.39. The summed E-state index contributed by atoms with van der Waals surface area (Å²) in [5, 5.41) is 11.0. The number of rotatable bonds is 17. The number of aromatic nitrogens is 6. The van der Waals surface area contributed by atoms with Gasteiger partial charge in [0.25, 0.3) is 5.91 Å². The van der Waals surface area contributed by atoms with Crippen LogP contribution in [0.5, 0.6) is 28.7 Å². The molecule has 4 N–H and O–H groups in total. The maximum Gasteiger partial charge on any atom is 0.451 e. The summed E-state index contributed by atoms with van der Waals surface area (Å²) in [6, 6.07) is 27.1. The minimum atomic E-state index is -4.75. The van der Waals surface area contributed by atoms with Gasteiger partial charge in [-0.1, -0.05) is 103 Å². The van der Waals surface area contributed by atoms with Crippen LogP contribution >= 0.6 is 0 Å². The van der Waals surface area contributed by atoms with Crippen molar-refractivity contribution in [1.82, 2.24) is 39.9 Å². The number of hydrogen-bond donors (Lipinski definition) is 4. The highest BCUT2D eigenvalue weighted by molar-refractivity contribution is 7.78. The van der Waals surface area contributed by atoms with Gasteiger partial charge in [0.15, 0.2) is 35.0 Å². The van der Waals surface area contributed by atoms with Crippen LogP contribution in [0.15, 0.2) is 91.0 Å². The zero-order valence-corrected chi connectivity index (χ0v) is 41.5. The van der Waals surface area contributed by atoms with E-state index in [-0.39, 0.29) is 39.7 Å². The van der Waals surface area contributed by atoms with Gasteiger partial charge in [0.2, 0.25) is 11.5 Å². The lowest BCUT2D eigenvalue weighted by molar-refractivity contribution is -0.144. The number of H-pyrrole nitrogens is 1. The van der Waals surface area contributed by atoms with Crippen LogP contribution in [-0.2, 0) is 27.7 Å². The molecule has 0 spiro atoms. The van der Waals surface area contributed by atoms with Gasteiger partial charge in [-0.05, 0) is 98.0 Å². The predicted molar refractivity (Wildman–Crippen MR) is 261 cm³/mol. The van der Waals surface area contributed by atoms with E-state index in [1.807, 2.05) is 89.2 Å². The van der Waals surface area contributed by atoms with Crippen LogP contribution < -0.4 is 34.0 Å². The zero-order chi connectivity index (χ0) is 50.3. The largest absolute Gasteiger partial charge is 0.493 e. The Balaban J connectivity index is 0.000000227. The maximum absolute atomic E-state index is 13.2. The van der Waals surface area contributed by atoms with Crippen LogP contribution in [0.2, 0.25) is 0 Å². The molecule has 3 heterocycles. The van der Waals surface area contributed by atoms with Gasteiger partial charge >= 0.3 is 17.4 Å². The van der Waals surface area contributed by atoms with Crippen molar-refractivity contribution >= 4 is 39.5 Å². The van der Waals surface area contributed by atoms with Crippen LogP contribution in [-0.4, -0.2) is 59.7 Å². The van der Waals surface area contributed by atoms with E-state index in [0.29, 0.717) is 41.3 Å². The molecule has 69 heavy (non-hydrogen) atoms. The number of para-hydroxylation sites is 2. The summed E-state index contributed by atoms with van der Waals surface area (Å²) < 4.78 is 76.9. The van der Waals surface area contributed by atoms with Crippen molar-refractivity contribution in [2.24, 2.45) is 5.41 Å². The van der Waals surface area contributed by atoms with E-state index in [0.717, 1.165) is 40.3 Å². The SMILES string of the molecule is CCC(Oc1ccc(C)cc1C)C(=O)NCC(C)c1nc2c(Oc3ccccc3)c(C)[nH]n2n1.COc1ccc(C(C)(C)CC(C)(C)C)cc1OS(=O)NNc1nc(C(F)(F)F)nc2ccccc12. The number of benzene rings is 4. The predicted octanol–water partition coefficient (Wildman–Crippen LogP) is 10.8. The number of hydrazine groups is 1. The Labute approximate surface area is 402 Å². The number of nitrogens with one attached hydrogen (secondary N) is 4. The molecule has 4 aromatic carbocycles. The molecule has 3 aromatic heterocycles. The Kier molecular flexibility index (Phi) is 16.2. The molecule has 0 fully saturated rings. The highest BCUT2D eigenvalue weighted by Gasteiger charge is 2.36. The molecule has 0 radical (unpaired) electrons. The molecular formula is C50H60F3N9O6S. The van der Waals surface area contributed by atoms with Crippen molar-refractivity contribution in [3.63, 3.8) is 0 Å². The fourth-order valence-electron chi connectivity index (χ4n) is 7.82. The molecule has 0 aliphatic carbocycles. The summed E-state index contributed by atoms with van der Waals surface area (Å²) in [6.07, 6.45) is -3.86. The van der Waals surface area contributed by atoms with Crippen LogP contribution in [0.4, 0.5) is 19.0 Å². The number of halogens is 3. The number of fused-ring (bicyclic) bond motifs is 2. The molecule has 368 valence electrons. The first-order chi connectivity index (χ1) is 32.5. The summed E-state index contributed by atoms with van der Waals surface area (Å²) in [6.45, 7) is 20.9. The van der Waals surface area contributed by atoms with E-state index in [2.05, 4.69) is 75.3 Å². The third kappa shape index (κ3) is 13.5. The smallest absolute Gasteiger partial charge is 0.451 e. The maximum atomic E-state index is 13.2. The van der Waals surface area contributed by atoms with Crippen molar-refractivity contribution in [3.05, 3.63) is 125 Å². The van der Waals surface area contributed by atoms with E-state index < -0.39 is 29.4 Å². The van der Waals surface area contributed by atoms with Gasteiger partial charge in [0.05, 0.1) is 18.3 Å². The van der Waals surface area contributed by atoms with Crippen molar-refractivity contribution in [3.8, 4) is 28.7 Å². The van der Waals surface area contributed by atoms with Gasteiger partial charge in [0.1, 0.15) is 11.5 Å². The molecule has 7 rings (SSSR count). The van der Waals surface area contributed by atoms with Crippen molar-refractivity contribution < 1.29 is 40.6 Å². The second-order valence-electron chi connectivity index (χ2n) is 18.6. The van der Waals surface area contributed by atoms with Gasteiger partial charge in [-0.15, -0.1) is 14.6 Å². The number of carbonyl (C=O) groups is 1. The van der Waals surface area contributed by atoms with E-state index >= 15 is 0 Å². The number of ether oxygens (including phenoxy) is 3. The lowest BCUT2D eigenvalue weighted by atomic mass is 9.72. The second-order valence-corrected chi connectivity index (χ2v) is 19.4. The van der Waals surface area contributed by atoms with Crippen molar-refractivity contribution in [1.29, 1.82) is 0 Å². The number of aryl methyl sites for hydroxylation is 3. The molecule has 7 aromatic rings. The number of anilines is 1. The van der Waals surface area contributed by atoms with Gasteiger partial charge in [-0.25, -0.2) is 15.0 Å². The van der Waals surface area contributed by atoms with Gasteiger partial charge < -0.3 is 23.7 Å². The molecule has 0 bridgehead atoms. The molecular weight excluding hydrogens is 912 g/mol. The minimum absolute atomic E-state index is 0.0777. The number of hydrogen-bond acceptors (Lipinski definition) is 11. The fraction of sp³-hybridized carbons (Fsp3) is 0.380. The normalized spacial score (nSPS) is 13.2. The van der Waals surface area contributed by atoms with Crippen LogP contribution in [0.1, 0.15) is 101 Å². The van der Waals surface area contributed by atoms with E-state index in [1.165, 1.54) is 13.2 Å². The number of alkyl halides is 3. The van der Waals surface area contributed by atoms with E-state index in [9.17, 15) is 22.2 Å². The fourth-order valence-corrected chi connectivity index (χ4v) is 8.33.